The smallest absolute Gasteiger partial charge is 0.340 e. The molecule has 2 heterocycles. The van der Waals surface area contributed by atoms with Crippen LogP contribution in [0.2, 0.25) is 0 Å². The maximum absolute atomic E-state index is 12.4. The predicted octanol–water partition coefficient (Wildman–Crippen LogP) is -0.663. The maximum Gasteiger partial charge on any atom is 0.340 e. The summed E-state index contributed by atoms with van der Waals surface area (Å²) in [5, 5.41) is 18.8. The molecule has 8 nitrogen and oxygen atoms in total. The fourth-order valence-corrected chi connectivity index (χ4v) is 2.28. The highest BCUT2D eigenvalue weighted by Crippen LogP contribution is 2.27. The lowest BCUT2D eigenvalue weighted by Gasteiger charge is -2.20. The van der Waals surface area contributed by atoms with Crippen molar-refractivity contribution in [2.24, 2.45) is 5.41 Å². The number of rotatable bonds is 2. The van der Waals surface area contributed by atoms with Crippen molar-refractivity contribution in [3.63, 3.8) is 0 Å². The number of carbonyl (C=O) groups is 1. The van der Waals surface area contributed by atoms with E-state index in [1.807, 2.05) is 0 Å². The number of hydrogen-bond acceptors (Lipinski definition) is 6. The van der Waals surface area contributed by atoms with Crippen molar-refractivity contribution in [3.05, 3.63) is 33.1 Å². The van der Waals surface area contributed by atoms with Crippen LogP contribution in [0, 0.1) is 5.41 Å². The van der Waals surface area contributed by atoms with Crippen LogP contribution in [0.1, 0.15) is 38.2 Å². The van der Waals surface area contributed by atoms with Crippen molar-refractivity contribution >= 4 is 5.91 Å². The van der Waals surface area contributed by atoms with Gasteiger partial charge in [-0.3, -0.25) is 14.2 Å². The van der Waals surface area contributed by atoms with Crippen molar-refractivity contribution in [1.82, 2.24) is 9.13 Å². The molecule has 0 aliphatic carbocycles. The quantitative estimate of drug-likeness (QED) is 0.750. The molecule has 0 amide bonds. The summed E-state index contributed by atoms with van der Waals surface area (Å²) in [5.74, 6) is -0.617. The molecular weight excluding hydrogens is 292 g/mol. The minimum Gasteiger partial charge on any atom is -0.394 e. The molecule has 8 heteroatoms. The maximum atomic E-state index is 12.4. The van der Waals surface area contributed by atoms with Gasteiger partial charge in [-0.1, -0.05) is 20.8 Å². The number of ether oxygens (including phenoxy) is 1. The Kier molecular flexibility index (Phi) is 4.37. The van der Waals surface area contributed by atoms with Crippen molar-refractivity contribution in [1.29, 1.82) is 0 Å². The summed E-state index contributed by atoms with van der Waals surface area (Å²) in [7, 11) is 0. The molecule has 122 valence electrons. The summed E-state index contributed by atoms with van der Waals surface area (Å²) in [6.07, 6.45) is -1.23. The van der Waals surface area contributed by atoms with Crippen LogP contribution in [-0.2, 0) is 4.74 Å². The molecule has 0 saturated carbocycles. The van der Waals surface area contributed by atoms with E-state index >= 15 is 0 Å². The van der Waals surface area contributed by atoms with E-state index in [1.54, 1.807) is 20.8 Å². The van der Waals surface area contributed by atoms with Crippen molar-refractivity contribution < 1.29 is 19.7 Å². The van der Waals surface area contributed by atoms with Crippen LogP contribution < -0.4 is 11.2 Å². The van der Waals surface area contributed by atoms with E-state index in [9.17, 15) is 19.5 Å². The molecule has 0 aromatic carbocycles. The molecule has 1 aromatic rings. The lowest BCUT2D eigenvalue weighted by Crippen LogP contribution is -2.47. The average molecular weight is 312 g/mol. The minimum atomic E-state index is -0.916. The van der Waals surface area contributed by atoms with Crippen LogP contribution in [0.4, 0.5) is 0 Å². The summed E-state index contributed by atoms with van der Waals surface area (Å²) in [6.45, 7) is 4.44. The molecule has 1 aromatic heterocycles. The van der Waals surface area contributed by atoms with E-state index in [2.05, 4.69) is 0 Å². The summed E-state index contributed by atoms with van der Waals surface area (Å²) >= 11 is 0. The second-order valence-corrected chi connectivity index (χ2v) is 6.35. The molecule has 0 spiro atoms. The number of nitrogens with zero attached hydrogens (tertiary/aromatic N) is 2. The Morgan fingerprint density at radius 2 is 2.05 bits per heavy atom. The van der Waals surface area contributed by atoms with Gasteiger partial charge in [-0.2, -0.15) is 4.57 Å². The predicted molar refractivity (Wildman–Crippen MR) is 76.7 cm³/mol. The van der Waals surface area contributed by atoms with Crippen LogP contribution >= 0.6 is 0 Å². The zero-order valence-corrected chi connectivity index (χ0v) is 12.7. The summed E-state index contributed by atoms with van der Waals surface area (Å²) in [6, 6.07) is 1.10. The molecular formula is C14H20N2O6. The molecule has 22 heavy (non-hydrogen) atoms. The molecule has 1 saturated heterocycles. The first-order valence-electron chi connectivity index (χ1n) is 7.00. The lowest BCUT2D eigenvalue weighted by molar-refractivity contribution is -0.0462. The standard InChI is InChI=1S/C14H20N2O6/c1-14(2,3)12(20)16-10(19)4-5-15(13(16)21)11-6-8(18)9(7-17)22-11/h4-5,8-9,11,17-18H,6-7H2,1-3H3/t8-,9-,11-/m1/s1. The molecule has 2 rings (SSSR count). The van der Waals surface area contributed by atoms with E-state index in [4.69, 9.17) is 9.84 Å². The van der Waals surface area contributed by atoms with Crippen LogP contribution in [0.15, 0.2) is 21.9 Å². The number of hydrogen-bond donors (Lipinski definition) is 2. The van der Waals surface area contributed by atoms with Gasteiger partial charge in [0.25, 0.3) is 5.56 Å². The minimum absolute atomic E-state index is 0.0903. The van der Waals surface area contributed by atoms with Crippen LogP contribution in [0.5, 0.6) is 0 Å². The zero-order valence-electron chi connectivity index (χ0n) is 12.7. The molecule has 2 N–H and O–H groups in total. The lowest BCUT2D eigenvalue weighted by atomic mass is 9.95. The molecule has 3 atom stereocenters. The Labute approximate surface area is 126 Å². The van der Waals surface area contributed by atoms with Gasteiger partial charge in [0.15, 0.2) is 0 Å². The van der Waals surface area contributed by atoms with Crippen molar-refractivity contribution in [2.45, 2.75) is 45.6 Å². The topological polar surface area (TPSA) is 111 Å². The monoisotopic (exact) mass is 312 g/mol. The van der Waals surface area contributed by atoms with Gasteiger partial charge in [-0.25, -0.2) is 4.79 Å². The third kappa shape index (κ3) is 2.90. The number of aliphatic hydroxyl groups is 2. The number of carbonyl (C=O) groups excluding carboxylic acids is 1. The summed E-state index contributed by atoms with van der Waals surface area (Å²) < 4.78 is 7.04. The van der Waals surface area contributed by atoms with Gasteiger partial charge in [0, 0.05) is 24.1 Å². The highest BCUT2D eigenvalue weighted by Gasteiger charge is 2.36. The SMILES string of the molecule is CC(C)(C)C(=O)n1c(=O)ccn([C@H]2C[C@@H](O)[C@@H](CO)O2)c1=O. The highest BCUT2D eigenvalue weighted by atomic mass is 16.5. The first kappa shape index (κ1) is 16.6. The highest BCUT2D eigenvalue weighted by molar-refractivity contribution is 5.83. The van der Waals surface area contributed by atoms with Crippen molar-refractivity contribution in [2.75, 3.05) is 6.61 Å². The van der Waals surface area contributed by atoms with Gasteiger partial charge in [-0.15, -0.1) is 0 Å². The van der Waals surface area contributed by atoms with E-state index in [0.717, 1.165) is 10.6 Å². The Morgan fingerprint density at radius 3 is 2.55 bits per heavy atom. The zero-order chi connectivity index (χ0) is 16.7. The van der Waals surface area contributed by atoms with Crippen LogP contribution in [0.25, 0.3) is 0 Å². The van der Waals surface area contributed by atoms with E-state index < -0.39 is 41.0 Å². The number of aliphatic hydroxyl groups excluding tert-OH is 2. The molecule has 0 radical (unpaired) electrons. The third-order valence-corrected chi connectivity index (χ3v) is 3.55. The van der Waals surface area contributed by atoms with Crippen LogP contribution in [0.3, 0.4) is 0 Å². The summed E-state index contributed by atoms with van der Waals surface area (Å²) in [5.41, 5.74) is -2.42. The van der Waals surface area contributed by atoms with E-state index in [1.165, 1.54) is 6.20 Å². The Morgan fingerprint density at radius 1 is 1.41 bits per heavy atom. The van der Waals surface area contributed by atoms with Gasteiger partial charge in [0.2, 0.25) is 5.91 Å². The van der Waals surface area contributed by atoms with Gasteiger partial charge >= 0.3 is 5.69 Å². The second-order valence-electron chi connectivity index (χ2n) is 6.35. The number of aromatic nitrogens is 2. The van der Waals surface area contributed by atoms with Crippen molar-refractivity contribution in [3.8, 4) is 0 Å². The van der Waals surface area contributed by atoms with Gasteiger partial charge in [0.05, 0.1) is 12.7 Å². The molecule has 0 unspecified atom stereocenters. The first-order valence-corrected chi connectivity index (χ1v) is 7.00. The molecule has 0 bridgehead atoms. The van der Waals surface area contributed by atoms with Crippen LogP contribution in [-0.4, -0.2) is 44.1 Å². The average Bonchev–Trinajstić information content (AvgIpc) is 2.78. The Bertz CT molecular complexity index is 684. The fourth-order valence-electron chi connectivity index (χ4n) is 2.28. The van der Waals surface area contributed by atoms with E-state index in [0.29, 0.717) is 4.57 Å². The second kappa shape index (κ2) is 5.79. The third-order valence-electron chi connectivity index (χ3n) is 3.55. The largest absolute Gasteiger partial charge is 0.394 e. The molecule has 1 aliphatic heterocycles. The Balaban J connectivity index is 2.47. The fraction of sp³-hybridized carbons (Fsp3) is 0.643. The van der Waals surface area contributed by atoms with Gasteiger partial charge < -0.3 is 14.9 Å². The summed E-state index contributed by atoms with van der Waals surface area (Å²) in [4.78, 5) is 36.6. The Hall–Kier alpha value is -1.77. The van der Waals surface area contributed by atoms with Gasteiger partial charge in [-0.05, 0) is 0 Å². The van der Waals surface area contributed by atoms with E-state index in [-0.39, 0.29) is 13.0 Å². The molecule has 1 fully saturated rings. The van der Waals surface area contributed by atoms with Gasteiger partial charge in [0.1, 0.15) is 12.3 Å². The molecule has 1 aliphatic rings. The first-order chi connectivity index (χ1) is 10.2. The normalized spacial score (nSPS) is 25.4.